The van der Waals surface area contributed by atoms with Crippen molar-refractivity contribution in [1.29, 1.82) is 5.26 Å². The summed E-state index contributed by atoms with van der Waals surface area (Å²) in [6.45, 7) is 2.88. The number of carbonyl (C=O) groups is 1. The van der Waals surface area contributed by atoms with Gasteiger partial charge in [-0.1, -0.05) is 6.92 Å². The Labute approximate surface area is 94.5 Å². The molecular formula is C11H14N4O. The molecule has 1 heterocycles. The molecule has 0 radical (unpaired) electrons. The Morgan fingerprint density at radius 1 is 1.62 bits per heavy atom. The number of nitrogens with zero attached hydrogens (tertiary/aromatic N) is 2. The molecule has 0 saturated heterocycles. The summed E-state index contributed by atoms with van der Waals surface area (Å²) in [4.78, 5) is 15.1. The van der Waals surface area contributed by atoms with Gasteiger partial charge in [0.15, 0.2) is 0 Å². The zero-order valence-corrected chi connectivity index (χ0v) is 9.16. The van der Waals surface area contributed by atoms with Gasteiger partial charge in [-0.25, -0.2) is 4.98 Å². The monoisotopic (exact) mass is 218 g/mol. The van der Waals surface area contributed by atoms with E-state index in [0.717, 1.165) is 12.1 Å². The Balaban J connectivity index is 2.42. The van der Waals surface area contributed by atoms with E-state index in [1.54, 1.807) is 12.1 Å². The van der Waals surface area contributed by atoms with Gasteiger partial charge in [0.05, 0.1) is 6.54 Å². The van der Waals surface area contributed by atoms with Gasteiger partial charge in [0.2, 0.25) is 5.91 Å². The van der Waals surface area contributed by atoms with Crippen molar-refractivity contribution in [2.45, 2.75) is 13.3 Å². The van der Waals surface area contributed by atoms with E-state index in [4.69, 9.17) is 5.26 Å². The number of pyridine rings is 1. The molecule has 0 saturated carbocycles. The summed E-state index contributed by atoms with van der Waals surface area (Å²) in [5, 5.41) is 14.3. The van der Waals surface area contributed by atoms with Crippen molar-refractivity contribution in [2.24, 2.45) is 0 Å². The molecule has 0 atom stereocenters. The zero-order chi connectivity index (χ0) is 11.8. The van der Waals surface area contributed by atoms with Gasteiger partial charge in [-0.15, -0.1) is 0 Å². The van der Waals surface area contributed by atoms with Gasteiger partial charge in [-0.2, -0.15) is 5.26 Å². The summed E-state index contributed by atoms with van der Waals surface area (Å²) in [6.07, 6.45) is 2.45. The molecule has 1 rings (SSSR count). The Bertz CT molecular complexity index is 397. The number of nitriles is 1. The lowest BCUT2D eigenvalue weighted by atomic mass is 10.3. The van der Waals surface area contributed by atoms with Crippen LogP contribution in [-0.2, 0) is 4.79 Å². The van der Waals surface area contributed by atoms with Gasteiger partial charge >= 0.3 is 0 Å². The van der Waals surface area contributed by atoms with E-state index in [-0.39, 0.29) is 12.5 Å². The smallest absolute Gasteiger partial charge is 0.239 e. The summed E-state index contributed by atoms with van der Waals surface area (Å²) < 4.78 is 0. The van der Waals surface area contributed by atoms with Gasteiger partial charge in [0.25, 0.3) is 0 Å². The third-order valence-electron chi connectivity index (χ3n) is 1.90. The van der Waals surface area contributed by atoms with Gasteiger partial charge in [0, 0.05) is 18.4 Å². The van der Waals surface area contributed by atoms with Crippen LogP contribution in [-0.4, -0.2) is 24.0 Å². The molecule has 16 heavy (non-hydrogen) atoms. The van der Waals surface area contributed by atoms with Crippen molar-refractivity contribution in [3.8, 4) is 6.07 Å². The fraction of sp³-hybridized carbons (Fsp3) is 0.364. The number of amides is 1. The molecule has 1 aromatic heterocycles. The number of carbonyl (C=O) groups excluding carboxylic acids is 1. The number of anilines is 1. The number of aromatic nitrogens is 1. The summed E-state index contributed by atoms with van der Waals surface area (Å²) in [7, 11) is 0. The normalized spacial score (nSPS) is 9.25. The van der Waals surface area contributed by atoms with Crippen molar-refractivity contribution in [1.82, 2.24) is 10.3 Å². The van der Waals surface area contributed by atoms with E-state index in [1.165, 1.54) is 6.20 Å². The highest BCUT2D eigenvalue weighted by Crippen LogP contribution is 2.06. The third kappa shape index (κ3) is 3.96. The van der Waals surface area contributed by atoms with Crippen molar-refractivity contribution in [2.75, 3.05) is 18.4 Å². The maximum Gasteiger partial charge on any atom is 0.239 e. The topological polar surface area (TPSA) is 77.8 Å². The van der Waals surface area contributed by atoms with Crippen LogP contribution in [0, 0.1) is 11.3 Å². The second kappa shape index (κ2) is 6.40. The van der Waals surface area contributed by atoms with Crippen LogP contribution in [0.2, 0.25) is 0 Å². The number of hydrogen-bond donors (Lipinski definition) is 2. The molecule has 5 heteroatoms. The second-order valence-corrected chi connectivity index (χ2v) is 3.25. The molecular weight excluding hydrogens is 204 g/mol. The molecule has 0 aliphatic heterocycles. The maximum atomic E-state index is 11.3. The Kier molecular flexibility index (Phi) is 4.80. The lowest BCUT2D eigenvalue weighted by Gasteiger charge is -2.06. The standard InChI is InChI=1S/C11H14N4O/c1-2-4-14-11(16)8-15-9-3-5-13-10(6-9)7-12/h3,5-6H,2,4,8H2,1H3,(H,13,15)(H,14,16). The quantitative estimate of drug-likeness (QED) is 0.769. The van der Waals surface area contributed by atoms with E-state index in [2.05, 4.69) is 15.6 Å². The van der Waals surface area contributed by atoms with E-state index < -0.39 is 0 Å². The summed E-state index contributed by atoms with van der Waals surface area (Å²) in [5.41, 5.74) is 1.05. The van der Waals surface area contributed by atoms with Gasteiger partial charge in [-0.05, 0) is 18.6 Å². The zero-order valence-electron chi connectivity index (χ0n) is 9.16. The Morgan fingerprint density at radius 2 is 2.44 bits per heavy atom. The fourth-order valence-corrected chi connectivity index (χ4v) is 1.11. The summed E-state index contributed by atoms with van der Waals surface area (Å²) in [6, 6.07) is 5.26. The Morgan fingerprint density at radius 3 is 3.12 bits per heavy atom. The average Bonchev–Trinajstić information content (AvgIpc) is 2.34. The molecule has 0 unspecified atom stereocenters. The van der Waals surface area contributed by atoms with Gasteiger partial charge in [0.1, 0.15) is 11.8 Å². The van der Waals surface area contributed by atoms with E-state index in [0.29, 0.717) is 12.2 Å². The van der Waals surface area contributed by atoms with Crippen LogP contribution in [0.4, 0.5) is 5.69 Å². The molecule has 0 bridgehead atoms. The first-order valence-corrected chi connectivity index (χ1v) is 5.13. The molecule has 5 nitrogen and oxygen atoms in total. The van der Waals surface area contributed by atoms with Crippen LogP contribution in [0.3, 0.4) is 0 Å². The predicted molar refractivity (Wildman–Crippen MR) is 60.7 cm³/mol. The highest BCUT2D eigenvalue weighted by Gasteiger charge is 2.00. The largest absolute Gasteiger partial charge is 0.376 e. The molecule has 0 aliphatic rings. The van der Waals surface area contributed by atoms with Crippen LogP contribution in [0.1, 0.15) is 19.0 Å². The van der Waals surface area contributed by atoms with E-state index in [9.17, 15) is 4.79 Å². The number of hydrogen-bond acceptors (Lipinski definition) is 4. The molecule has 1 aromatic rings. The van der Waals surface area contributed by atoms with E-state index in [1.807, 2.05) is 13.0 Å². The highest BCUT2D eigenvalue weighted by molar-refractivity contribution is 5.80. The molecule has 84 valence electrons. The van der Waals surface area contributed by atoms with Crippen LogP contribution < -0.4 is 10.6 Å². The minimum absolute atomic E-state index is 0.0582. The minimum Gasteiger partial charge on any atom is -0.376 e. The predicted octanol–water partition coefficient (Wildman–Crippen LogP) is 0.891. The van der Waals surface area contributed by atoms with Gasteiger partial charge in [-0.3, -0.25) is 4.79 Å². The molecule has 2 N–H and O–H groups in total. The Hall–Kier alpha value is -2.09. The van der Waals surface area contributed by atoms with Crippen LogP contribution >= 0.6 is 0 Å². The molecule has 0 aliphatic carbocycles. The SMILES string of the molecule is CCCNC(=O)CNc1ccnc(C#N)c1. The van der Waals surface area contributed by atoms with E-state index >= 15 is 0 Å². The molecule has 0 spiro atoms. The maximum absolute atomic E-state index is 11.3. The number of nitrogens with one attached hydrogen (secondary N) is 2. The van der Waals surface area contributed by atoms with Crippen molar-refractivity contribution in [3.05, 3.63) is 24.0 Å². The lowest BCUT2D eigenvalue weighted by Crippen LogP contribution is -2.30. The number of rotatable bonds is 5. The summed E-state index contributed by atoms with van der Waals surface area (Å²) >= 11 is 0. The van der Waals surface area contributed by atoms with Crippen molar-refractivity contribution in [3.63, 3.8) is 0 Å². The van der Waals surface area contributed by atoms with Crippen molar-refractivity contribution >= 4 is 11.6 Å². The average molecular weight is 218 g/mol. The second-order valence-electron chi connectivity index (χ2n) is 3.25. The van der Waals surface area contributed by atoms with Crippen LogP contribution in [0.25, 0.3) is 0 Å². The first kappa shape index (κ1) is 12.0. The first-order valence-electron chi connectivity index (χ1n) is 5.13. The molecule has 1 amide bonds. The van der Waals surface area contributed by atoms with Gasteiger partial charge < -0.3 is 10.6 Å². The highest BCUT2D eigenvalue weighted by atomic mass is 16.1. The van der Waals surface area contributed by atoms with Crippen molar-refractivity contribution < 1.29 is 4.79 Å². The third-order valence-corrected chi connectivity index (χ3v) is 1.90. The molecule has 0 fully saturated rings. The fourth-order valence-electron chi connectivity index (χ4n) is 1.11. The lowest BCUT2D eigenvalue weighted by molar-refractivity contribution is -0.119. The minimum atomic E-state index is -0.0582. The summed E-state index contributed by atoms with van der Waals surface area (Å²) in [5.74, 6) is -0.0582. The first-order chi connectivity index (χ1) is 7.76. The van der Waals surface area contributed by atoms with Crippen LogP contribution in [0.5, 0.6) is 0 Å². The van der Waals surface area contributed by atoms with Crippen LogP contribution in [0.15, 0.2) is 18.3 Å². The molecule has 0 aromatic carbocycles.